The van der Waals surface area contributed by atoms with E-state index in [1.807, 2.05) is 21.1 Å². The van der Waals surface area contributed by atoms with Crippen molar-refractivity contribution in [2.45, 2.75) is 212 Å². The standard InChI is InChI=1S/C42H84NO9P/c1-6-8-10-12-14-16-18-20-22-24-26-28-30-32-41(45)49-37-40(38-51-53(47,48)50-36-35-43(3,4)5)52-42(46)34-33-39(44)31-29-27-25-23-21-19-17-15-13-11-9-7-2/h39-40,44H,6-38H2,1-5H3/p+1/t39?,40-/m1/s1. The van der Waals surface area contributed by atoms with Crippen molar-refractivity contribution in [2.24, 2.45) is 0 Å². The van der Waals surface area contributed by atoms with Crippen LogP contribution < -0.4 is 0 Å². The van der Waals surface area contributed by atoms with Gasteiger partial charge in [-0.2, -0.15) is 0 Å². The molecule has 0 amide bonds. The molecule has 3 atom stereocenters. The molecule has 0 saturated heterocycles. The van der Waals surface area contributed by atoms with Crippen LogP contribution in [-0.2, 0) is 32.7 Å². The van der Waals surface area contributed by atoms with Gasteiger partial charge in [0.1, 0.15) is 19.8 Å². The van der Waals surface area contributed by atoms with E-state index in [9.17, 15) is 24.2 Å². The van der Waals surface area contributed by atoms with Crippen LogP contribution in [0.5, 0.6) is 0 Å². The van der Waals surface area contributed by atoms with Gasteiger partial charge in [0.25, 0.3) is 0 Å². The fraction of sp³-hybridized carbons (Fsp3) is 0.952. The summed E-state index contributed by atoms with van der Waals surface area (Å²) in [6.07, 6.45) is 30.2. The maximum absolute atomic E-state index is 12.7. The number of rotatable bonds is 40. The Labute approximate surface area is 326 Å². The summed E-state index contributed by atoms with van der Waals surface area (Å²) in [5.74, 6) is -0.989. The summed E-state index contributed by atoms with van der Waals surface area (Å²) in [4.78, 5) is 35.3. The second-order valence-electron chi connectivity index (χ2n) is 16.3. The van der Waals surface area contributed by atoms with E-state index < -0.39 is 38.6 Å². The molecule has 53 heavy (non-hydrogen) atoms. The molecule has 0 radical (unpaired) electrons. The van der Waals surface area contributed by atoms with Crippen LogP contribution in [0.15, 0.2) is 0 Å². The summed E-state index contributed by atoms with van der Waals surface area (Å²) >= 11 is 0. The predicted molar refractivity (Wildman–Crippen MR) is 217 cm³/mol. The quantitative estimate of drug-likeness (QED) is 0.0270. The minimum absolute atomic E-state index is 0.00687. The molecule has 0 aromatic carbocycles. The van der Waals surface area contributed by atoms with Crippen molar-refractivity contribution in [1.29, 1.82) is 0 Å². The maximum Gasteiger partial charge on any atom is 0.472 e. The molecule has 11 heteroatoms. The summed E-state index contributed by atoms with van der Waals surface area (Å²) in [5, 5.41) is 10.4. The number of aliphatic hydroxyl groups is 1. The first-order chi connectivity index (χ1) is 25.4. The molecule has 2 N–H and O–H groups in total. The van der Waals surface area contributed by atoms with Crippen molar-refractivity contribution in [3.05, 3.63) is 0 Å². The van der Waals surface area contributed by atoms with Crippen LogP contribution in [-0.4, -0.2) is 86.1 Å². The Morgan fingerprint density at radius 2 is 1.00 bits per heavy atom. The monoisotopic (exact) mass is 779 g/mol. The molecule has 0 aliphatic heterocycles. The minimum atomic E-state index is -4.41. The zero-order chi connectivity index (χ0) is 39.5. The lowest BCUT2D eigenvalue weighted by molar-refractivity contribution is -0.870. The molecule has 0 bridgehead atoms. The number of unbranched alkanes of at least 4 members (excludes halogenated alkanes) is 23. The van der Waals surface area contributed by atoms with E-state index >= 15 is 0 Å². The first kappa shape index (κ1) is 52.0. The van der Waals surface area contributed by atoms with Crippen LogP contribution in [0.25, 0.3) is 0 Å². The molecule has 0 aliphatic rings. The molecule has 10 nitrogen and oxygen atoms in total. The minimum Gasteiger partial charge on any atom is -0.462 e. The first-order valence-electron chi connectivity index (χ1n) is 21.8. The molecule has 2 unspecified atom stereocenters. The van der Waals surface area contributed by atoms with Gasteiger partial charge in [-0.25, -0.2) is 4.57 Å². The average Bonchev–Trinajstić information content (AvgIpc) is 3.10. The van der Waals surface area contributed by atoms with Crippen LogP contribution in [0.2, 0.25) is 0 Å². The number of hydrogen-bond donors (Lipinski definition) is 2. The molecule has 0 aromatic rings. The lowest BCUT2D eigenvalue weighted by atomic mass is 10.0. The Morgan fingerprint density at radius 3 is 1.45 bits per heavy atom. The normalized spacial score (nSPS) is 14.2. The molecule has 0 aliphatic carbocycles. The molecular weight excluding hydrogens is 693 g/mol. The number of carbonyl (C=O) groups excluding carboxylic acids is 2. The fourth-order valence-electron chi connectivity index (χ4n) is 6.20. The van der Waals surface area contributed by atoms with Gasteiger partial charge in [-0.05, 0) is 19.3 Å². The molecular formula is C42H85NO9P+. The zero-order valence-corrected chi connectivity index (χ0v) is 36.0. The number of hydrogen-bond acceptors (Lipinski definition) is 8. The molecule has 316 valence electrons. The molecule has 0 spiro atoms. The summed E-state index contributed by atoms with van der Waals surface area (Å²) in [7, 11) is 1.39. The van der Waals surface area contributed by atoms with Gasteiger partial charge in [0, 0.05) is 12.8 Å². The summed E-state index contributed by atoms with van der Waals surface area (Å²) in [6.45, 7) is 4.24. The fourth-order valence-corrected chi connectivity index (χ4v) is 6.94. The number of phosphoric acid groups is 1. The Kier molecular flexibility index (Phi) is 34.7. The van der Waals surface area contributed by atoms with Gasteiger partial charge >= 0.3 is 19.8 Å². The average molecular weight is 779 g/mol. The van der Waals surface area contributed by atoms with Gasteiger partial charge in [-0.3, -0.25) is 18.6 Å². The van der Waals surface area contributed by atoms with Crippen LogP contribution >= 0.6 is 7.82 Å². The van der Waals surface area contributed by atoms with Crippen molar-refractivity contribution >= 4 is 19.8 Å². The lowest BCUT2D eigenvalue weighted by Crippen LogP contribution is -2.37. The largest absolute Gasteiger partial charge is 0.472 e. The highest BCUT2D eigenvalue weighted by molar-refractivity contribution is 7.47. The Bertz CT molecular complexity index is 898. The van der Waals surface area contributed by atoms with Crippen molar-refractivity contribution in [3.8, 4) is 0 Å². The number of carbonyl (C=O) groups is 2. The third-order valence-corrected chi connectivity index (χ3v) is 10.7. The zero-order valence-electron chi connectivity index (χ0n) is 35.1. The Morgan fingerprint density at radius 1 is 0.566 bits per heavy atom. The maximum atomic E-state index is 12.7. The molecule has 0 saturated carbocycles. The number of likely N-dealkylation sites (N-methyl/N-ethyl adjacent to an activating group) is 1. The third kappa shape index (κ3) is 39.0. The van der Waals surface area contributed by atoms with E-state index in [1.165, 1.54) is 122 Å². The van der Waals surface area contributed by atoms with Gasteiger partial charge in [0.15, 0.2) is 6.10 Å². The molecule has 0 rings (SSSR count). The summed E-state index contributed by atoms with van der Waals surface area (Å²) < 4.78 is 34.1. The van der Waals surface area contributed by atoms with Crippen molar-refractivity contribution in [3.63, 3.8) is 0 Å². The second kappa shape index (κ2) is 35.4. The van der Waals surface area contributed by atoms with Crippen LogP contribution in [0.4, 0.5) is 0 Å². The Balaban J connectivity index is 4.44. The van der Waals surface area contributed by atoms with Gasteiger partial charge in [0.05, 0.1) is 33.9 Å². The highest BCUT2D eigenvalue weighted by Gasteiger charge is 2.27. The Hall–Kier alpha value is -1.03. The topological polar surface area (TPSA) is 129 Å². The van der Waals surface area contributed by atoms with Gasteiger partial charge < -0.3 is 24.0 Å². The number of nitrogens with zero attached hydrogens (tertiary/aromatic N) is 1. The highest BCUT2D eigenvalue weighted by atomic mass is 31.2. The predicted octanol–water partition coefficient (Wildman–Crippen LogP) is 11.0. The first-order valence-corrected chi connectivity index (χ1v) is 23.3. The van der Waals surface area contributed by atoms with Crippen LogP contribution in [0, 0.1) is 0 Å². The number of ether oxygens (including phenoxy) is 2. The smallest absolute Gasteiger partial charge is 0.462 e. The highest BCUT2D eigenvalue weighted by Crippen LogP contribution is 2.43. The van der Waals surface area contributed by atoms with E-state index in [0.717, 1.165) is 38.5 Å². The van der Waals surface area contributed by atoms with Gasteiger partial charge in [-0.15, -0.1) is 0 Å². The van der Waals surface area contributed by atoms with Crippen LogP contribution in [0.1, 0.15) is 200 Å². The van der Waals surface area contributed by atoms with Crippen molar-refractivity contribution in [2.75, 3.05) is 47.5 Å². The number of quaternary nitrogens is 1. The van der Waals surface area contributed by atoms with E-state index in [-0.39, 0.29) is 32.5 Å². The van der Waals surface area contributed by atoms with Gasteiger partial charge in [0.2, 0.25) is 0 Å². The molecule has 0 heterocycles. The van der Waals surface area contributed by atoms with Crippen LogP contribution in [0.3, 0.4) is 0 Å². The van der Waals surface area contributed by atoms with E-state index in [2.05, 4.69) is 13.8 Å². The summed E-state index contributed by atoms with van der Waals surface area (Å²) in [6, 6.07) is 0. The van der Waals surface area contributed by atoms with Crippen molar-refractivity contribution in [1.82, 2.24) is 0 Å². The van der Waals surface area contributed by atoms with Crippen molar-refractivity contribution < 1.29 is 47.2 Å². The third-order valence-electron chi connectivity index (χ3n) is 9.73. The van der Waals surface area contributed by atoms with E-state index in [4.69, 9.17) is 18.5 Å². The van der Waals surface area contributed by atoms with E-state index in [0.29, 0.717) is 17.4 Å². The second-order valence-corrected chi connectivity index (χ2v) is 17.7. The van der Waals surface area contributed by atoms with E-state index in [1.54, 1.807) is 0 Å². The number of aliphatic hydroxyl groups excluding tert-OH is 1. The molecule has 0 aromatic heterocycles. The number of phosphoric ester groups is 1. The summed E-state index contributed by atoms with van der Waals surface area (Å²) in [5.41, 5.74) is 0. The SMILES string of the molecule is CCCCCCCCCCCCCCCC(=O)OC[C@H](COP(=O)(O)OCC[N+](C)(C)C)OC(=O)CCC(O)CCCCCCCCCCCCCC. The number of esters is 2. The molecule has 0 fully saturated rings. The van der Waals surface area contributed by atoms with Gasteiger partial charge in [-0.1, -0.05) is 168 Å². The lowest BCUT2D eigenvalue weighted by Gasteiger charge is -2.24.